The van der Waals surface area contributed by atoms with Gasteiger partial charge in [0.05, 0.1) is 6.54 Å². The number of carbonyl (C=O) groups is 3. The molecular formula is C22H31N5O3. The van der Waals surface area contributed by atoms with Gasteiger partial charge in [0.25, 0.3) is 0 Å². The number of hydrogen-bond donors (Lipinski definition) is 2. The molecule has 8 nitrogen and oxygen atoms in total. The Hall–Kier alpha value is -2.61. The van der Waals surface area contributed by atoms with E-state index in [0.29, 0.717) is 51.6 Å². The van der Waals surface area contributed by atoms with E-state index in [1.807, 2.05) is 35.2 Å². The first-order valence-electron chi connectivity index (χ1n) is 11.0. The van der Waals surface area contributed by atoms with Crippen molar-refractivity contribution in [1.82, 2.24) is 20.0 Å². The van der Waals surface area contributed by atoms with Crippen LogP contribution in [0.1, 0.15) is 25.7 Å². The normalized spacial score (nSPS) is 20.7. The molecule has 2 saturated heterocycles. The second-order valence-electron chi connectivity index (χ2n) is 8.50. The standard InChI is InChI=1S/C22H31N5O3/c28-20(23-19-6-7-19)16-25-12-14-26(15-13-25)21(29)17-8-10-27(11-9-17)22(30)24-18-4-2-1-3-5-18/h1-5,17,19H,6-16H2,(H,23,28)(H,24,30). The van der Waals surface area contributed by atoms with E-state index in [0.717, 1.165) is 31.6 Å². The molecule has 0 bridgehead atoms. The van der Waals surface area contributed by atoms with Gasteiger partial charge in [0.1, 0.15) is 0 Å². The highest BCUT2D eigenvalue weighted by Gasteiger charge is 2.32. The molecule has 2 aliphatic heterocycles. The number of nitrogens with one attached hydrogen (secondary N) is 2. The number of urea groups is 1. The van der Waals surface area contributed by atoms with Crippen LogP contribution in [0.3, 0.4) is 0 Å². The highest BCUT2D eigenvalue weighted by Crippen LogP contribution is 2.22. The molecule has 1 aromatic carbocycles. The van der Waals surface area contributed by atoms with Gasteiger partial charge in [-0.15, -0.1) is 0 Å². The lowest BCUT2D eigenvalue weighted by Gasteiger charge is -2.38. The summed E-state index contributed by atoms with van der Waals surface area (Å²) in [6.45, 7) is 4.43. The molecule has 1 saturated carbocycles. The first-order valence-corrected chi connectivity index (χ1v) is 11.0. The van der Waals surface area contributed by atoms with Crippen LogP contribution < -0.4 is 10.6 Å². The number of para-hydroxylation sites is 1. The quantitative estimate of drug-likeness (QED) is 0.763. The predicted molar refractivity (Wildman–Crippen MR) is 114 cm³/mol. The van der Waals surface area contributed by atoms with E-state index in [1.165, 1.54) is 0 Å². The molecule has 4 rings (SSSR count). The fourth-order valence-electron chi connectivity index (χ4n) is 4.14. The largest absolute Gasteiger partial charge is 0.352 e. The highest BCUT2D eigenvalue weighted by molar-refractivity contribution is 5.89. The summed E-state index contributed by atoms with van der Waals surface area (Å²) in [7, 11) is 0. The molecule has 4 amide bonds. The zero-order valence-electron chi connectivity index (χ0n) is 17.4. The first-order chi connectivity index (χ1) is 14.6. The number of rotatable bonds is 5. The molecule has 3 aliphatic rings. The number of carbonyl (C=O) groups excluding carboxylic acids is 3. The number of amides is 4. The monoisotopic (exact) mass is 413 g/mol. The number of piperidine rings is 1. The van der Waals surface area contributed by atoms with Crippen LogP contribution in [0.4, 0.5) is 10.5 Å². The SMILES string of the molecule is O=C(CN1CCN(C(=O)C2CCN(C(=O)Nc3ccccc3)CC2)CC1)NC1CC1. The van der Waals surface area contributed by atoms with Gasteiger partial charge in [0.2, 0.25) is 11.8 Å². The van der Waals surface area contributed by atoms with Crippen molar-refractivity contribution in [3.05, 3.63) is 30.3 Å². The number of nitrogens with zero attached hydrogens (tertiary/aromatic N) is 3. The minimum absolute atomic E-state index is 0.0181. The molecule has 30 heavy (non-hydrogen) atoms. The third kappa shape index (κ3) is 5.50. The number of hydrogen-bond acceptors (Lipinski definition) is 4. The highest BCUT2D eigenvalue weighted by atomic mass is 16.2. The van der Waals surface area contributed by atoms with Crippen molar-refractivity contribution in [2.75, 3.05) is 51.1 Å². The van der Waals surface area contributed by atoms with E-state index >= 15 is 0 Å². The minimum Gasteiger partial charge on any atom is -0.352 e. The number of piperazine rings is 1. The summed E-state index contributed by atoms with van der Waals surface area (Å²) < 4.78 is 0. The molecular weight excluding hydrogens is 382 g/mol. The van der Waals surface area contributed by atoms with Crippen molar-refractivity contribution in [2.45, 2.75) is 31.7 Å². The van der Waals surface area contributed by atoms with E-state index in [9.17, 15) is 14.4 Å². The van der Waals surface area contributed by atoms with Crippen molar-refractivity contribution in [3.8, 4) is 0 Å². The second kappa shape index (κ2) is 9.47. The van der Waals surface area contributed by atoms with Gasteiger partial charge in [-0.25, -0.2) is 4.79 Å². The van der Waals surface area contributed by atoms with E-state index < -0.39 is 0 Å². The average Bonchev–Trinajstić information content (AvgIpc) is 3.58. The maximum atomic E-state index is 12.9. The predicted octanol–water partition coefficient (Wildman–Crippen LogP) is 1.35. The molecule has 8 heteroatoms. The number of likely N-dealkylation sites (tertiary alicyclic amines) is 1. The summed E-state index contributed by atoms with van der Waals surface area (Å²) in [6, 6.07) is 9.70. The fourth-order valence-corrected chi connectivity index (χ4v) is 4.14. The van der Waals surface area contributed by atoms with Crippen molar-refractivity contribution in [2.24, 2.45) is 5.92 Å². The topological polar surface area (TPSA) is 85.0 Å². The zero-order chi connectivity index (χ0) is 20.9. The van der Waals surface area contributed by atoms with Gasteiger partial charge in [-0.1, -0.05) is 18.2 Å². The van der Waals surface area contributed by atoms with Crippen LogP contribution in [0.15, 0.2) is 30.3 Å². The Morgan fingerprint density at radius 3 is 2.13 bits per heavy atom. The molecule has 162 valence electrons. The lowest BCUT2D eigenvalue weighted by Crippen LogP contribution is -2.53. The van der Waals surface area contributed by atoms with Crippen molar-refractivity contribution in [1.29, 1.82) is 0 Å². The summed E-state index contributed by atoms with van der Waals surface area (Å²) in [5.74, 6) is 0.272. The third-order valence-corrected chi connectivity index (χ3v) is 6.15. The Morgan fingerprint density at radius 1 is 0.833 bits per heavy atom. The van der Waals surface area contributed by atoms with Gasteiger partial charge >= 0.3 is 6.03 Å². The van der Waals surface area contributed by atoms with Crippen LogP contribution in [-0.2, 0) is 9.59 Å². The summed E-state index contributed by atoms with van der Waals surface area (Å²) in [6.07, 6.45) is 3.59. The molecule has 2 heterocycles. The maximum absolute atomic E-state index is 12.9. The van der Waals surface area contributed by atoms with Gasteiger partial charge in [-0.2, -0.15) is 0 Å². The Kier molecular flexibility index (Phi) is 6.52. The Balaban J connectivity index is 1.17. The Bertz CT molecular complexity index is 751. The van der Waals surface area contributed by atoms with Crippen LogP contribution in [0.25, 0.3) is 0 Å². The molecule has 1 aliphatic carbocycles. The lowest BCUT2D eigenvalue weighted by molar-refractivity contribution is -0.138. The molecule has 3 fully saturated rings. The van der Waals surface area contributed by atoms with Gasteiger partial charge in [0.15, 0.2) is 0 Å². The van der Waals surface area contributed by atoms with Crippen molar-refractivity contribution >= 4 is 23.5 Å². The lowest BCUT2D eigenvalue weighted by atomic mass is 9.95. The van der Waals surface area contributed by atoms with Crippen LogP contribution in [0.2, 0.25) is 0 Å². The molecule has 0 unspecified atom stereocenters. The maximum Gasteiger partial charge on any atom is 0.321 e. The van der Waals surface area contributed by atoms with E-state index in [4.69, 9.17) is 0 Å². The fraction of sp³-hybridized carbons (Fsp3) is 0.591. The second-order valence-corrected chi connectivity index (χ2v) is 8.50. The molecule has 2 N–H and O–H groups in total. The van der Waals surface area contributed by atoms with Gasteiger partial charge in [-0.3, -0.25) is 14.5 Å². The molecule has 1 aromatic rings. The van der Waals surface area contributed by atoms with Crippen LogP contribution in [0.5, 0.6) is 0 Å². The third-order valence-electron chi connectivity index (χ3n) is 6.15. The summed E-state index contributed by atoms with van der Waals surface area (Å²) in [4.78, 5) is 43.1. The van der Waals surface area contributed by atoms with Crippen molar-refractivity contribution < 1.29 is 14.4 Å². The van der Waals surface area contributed by atoms with Gasteiger partial charge in [0, 0.05) is 56.9 Å². The molecule has 0 radical (unpaired) electrons. The van der Waals surface area contributed by atoms with Gasteiger partial charge < -0.3 is 20.4 Å². The smallest absolute Gasteiger partial charge is 0.321 e. The number of anilines is 1. The van der Waals surface area contributed by atoms with E-state index in [1.54, 1.807) is 4.90 Å². The van der Waals surface area contributed by atoms with Crippen molar-refractivity contribution in [3.63, 3.8) is 0 Å². The van der Waals surface area contributed by atoms with E-state index in [-0.39, 0.29) is 23.8 Å². The molecule has 0 spiro atoms. The minimum atomic E-state index is -0.106. The van der Waals surface area contributed by atoms with Gasteiger partial charge in [-0.05, 0) is 37.8 Å². The zero-order valence-corrected chi connectivity index (χ0v) is 17.4. The van der Waals surface area contributed by atoms with E-state index in [2.05, 4.69) is 15.5 Å². The first kappa shape index (κ1) is 20.7. The molecule has 0 atom stereocenters. The summed E-state index contributed by atoms with van der Waals surface area (Å²) in [5.41, 5.74) is 0.782. The Labute approximate surface area is 177 Å². The van der Waals surface area contributed by atoms with Crippen LogP contribution in [0, 0.1) is 5.92 Å². The molecule has 0 aromatic heterocycles. The van der Waals surface area contributed by atoms with Crippen LogP contribution >= 0.6 is 0 Å². The Morgan fingerprint density at radius 2 is 1.50 bits per heavy atom. The van der Waals surface area contributed by atoms with Crippen LogP contribution in [-0.4, -0.2) is 84.4 Å². The summed E-state index contributed by atoms with van der Waals surface area (Å²) in [5, 5.41) is 5.93. The average molecular weight is 414 g/mol. The number of benzene rings is 1. The summed E-state index contributed by atoms with van der Waals surface area (Å²) >= 11 is 0.